The fourth-order valence-corrected chi connectivity index (χ4v) is 4.26. The summed E-state index contributed by atoms with van der Waals surface area (Å²) in [6, 6.07) is 24.4. The van der Waals surface area contributed by atoms with Gasteiger partial charge in [-0.25, -0.2) is 0 Å². The number of rotatable bonds is 13. The van der Waals surface area contributed by atoms with Crippen LogP contribution in [0.1, 0.15) is 50.3 Å². The number of nitrogens with one attached hydrogen (secondary N) is 1. The fraction of sp³-hybridized carbons (Fsp3) is 0.375. The minimum Gasteiger partial charge on any atom is -0.497 e. The van der Waals surface area contributed by atoms with Gasteiger partial charge in [-0.2, -0.15) is 0 Å². The summed E-state index contributed by atoms with van der Waals surface area (Å²) in [6.45, 7) is 8.89. The Morgan fingerprint density at radius 1 is 0.868 bits per heavy atom. The van der Waals surface area contributed by atoms with Crippen molar-refractivity contribution in [2.75, 3.05) is 20.3 Å². The zero-order valence-corrected chi connectivity index (χ0v) is 23.1. The second-order valence-corrected chi connectivity index (χ2v) is 10.2. The Hall–Kier alpha value is -3.80. The van der Waals surface area contributed by atoms with E-state index in [-0.39, 0.29) is 36.8 Å². The highest BCUT2D eigenvalue weighted by atomic mass is 16.5. The largest absolute Gasteiger partial charge is 0.497 e. The highest BCUT2D eigenvalue weighted by Crippen LogP contribution is 2.26. The van der Waals surface area contributed by atoms with Crippen molar-refractivity contribution in [1.82, 2.24) is 10.2 Å². The molecule has 0 aromatic heterocycles. The zero-order chi connectivity index (χ0) is 27.5. The number of carbonyl (C=O) groups excluding carboxylic acids is 2. The summed E-state index contributed by atoms with van der Waals surface area (Å²) in [4.78, 5) is 29.0. The van der Waals surface area contributed by atoms with Crippen LogP contribution in [0.2, 0.25) is 0 Å². The summed E-state index contributed by atoms with van der Waals surface area (Å²) in [5.74, 6) is 1.48. The van der Waals surface area contributed by atoms with Gasteiger partial charge < -0.3 is 19.7 Å². The number of amides is 2. The van der Waals surface area contributed by atoms with Crippen molar-refractivity contribution in [3.63, 3.8) is 0 Å². The first kappa shape index (κ1) is 28.8. The molecule has 0 heterocycles. The fourth-order valence-electron chi connectivity index (χ4n) is 4.26. The number of nitrogens with zero attached hydrogens (tertiary/aromatic N) is 1. The minimum absolute atomic E-state index is 0.170. The normalized spacial score (nSPS) is 11.8. The van der Waals surface area contributed by atoms with Crippen LogP contribution in [-0.2, 0) is 22.6 Å². The molecule has 0 aliphatic rings. The van der Waals surface area contributed by atoms with Crippen LogP contribution >= 0.6 is 0 Å². The molecule has 0 saturated heterocycles. The SMILES string of the molecule is COc1cccc(CN(C(=O)COc2ccccc2C(C)C)C(Cc2ccccc2)C(=O)NCC(C)C)c1. The molecule has 1 atom stereocenters. The van der Waals surface area contributed by atoms with E-state index in [4.69, 9.17) is 9.47 Å². The van der Waals surface area contributed by atoms with E-state index in [9.17, 15) is 9.59 Å². The predicted molar refractivity (Wildman–Crippen MR) is 151 cm³/mol. The van der Waals surface area contributed by atoms with Crippen molar-refractivity contribution >= 4 is 11.8 Å². The molecule has 3 aromatic carbocycles. The van der Waals surface area contributed by atoms with E-state index in [1.807, 2.05) is 92.7 Å². The molecule has 0 bridgehead atoms. The molecule has 6 heteroatoms. The van der Waals surface area contributed by atoms with Crippen molar-refractivity contribution in [2.45, 2.75) is 52.6 Å². The highest BCUT2D eigenvalue weighted by molar-refractivity contribution is 5.88. The molecule has 0 spiro atoms. The molecule has 0 aliphatic carbocycles. The van der Waals surface area contributed by atoms with Crippen LogP contribution < -0.4 is 14.8 Å². The van der Waals surface area contributed by atoms with Gasteiger partial charge in [0.15, 0.2) is 6.61 Å². The average molecular weight is 517 g/mol. The molecule has 2 amide bonds. The second kappa shape index (κ2) is 14.2. The van der Waals surface area contributed by atoms with Gasteiger partial charge in [0, 0.05) is 19.5 Å². The van der Waals surface area contributed by atoms with E-state index in [0.29, 0.717) is 24.5 Å². The Balaban J connectivity index is 1.94. The van der Waals surface area contributed by atoms with Crippen LogP contribution in [0.4, 0.5) is 0 Å². The van der Waals surface area contributed by atoms with E-state index in [1.165, 1.54) is 0 Å². The first-order valence-corrected chi connectivity index (χ1v) is 13.2. The standard InChI is InChI=1S/C32H40N2O4/c1-23(2)20-33-32(36)29(19-25-12-7-6-8-13-25)34(21-26-14-11-15-27(18-26)37-5)31(35)22-38-30-17-10-9-16-28(30)24(3)4/h6-18,23-24,29H,19-22H2,1-5H3,(H,33,36). The van der Waals surface area contributed by atoms with Gasteiger partial charge in [0.05, 0.1) is 7.11 Å². The Morgan fingerprint density at radius 3 is 2.24 bits per heavy atom. The predicted octanol–water partition coefficient (Wildman–Crippen LogP) is 5.61. The first-order chi connectivity index (χ1) is 18.3. The van der Waals surface area contributed by atoms with Gasteiger partial charge in [-0.1, -0.05) is 88.4 Å². The number of benzene rings is 3. The van der Waals surface area contributed by atoms with Gasteiger partial charge in [0.2, 0.25) is 5.91 Å². The molecule has 3 aromatic rings. The van der Waals surface area contributed by atoms with Crippen LogP contribution in [-0.4, -0.2) is 43.0 Å². The van der Waals surface area contributed by atoms with E-state index in [2.05, 4.69) is 19.2 Å². The third-order valence-electron chi connectivity index (χ3n) is 6.33. The first-order valence-electron chi connectivity index (χ1n) is 13.2. The maximum Gasteiger partial charge on any atom is 0.261 e. The second-order valence-electron chi connectivity index (χ2n) is 10.2. The molecule has 202 valence electrons. The highest BCUT2D eigenvalue weighted by Gasteiger charge is 2.31. The molecule has 0 radical (unpaired) electrons. The number of hydrogen-bond donors (Lipinski definition) is 1. The van der Waals surface area contributed by atoms with E-state index < -0.39 is 6.04 Å². The summed E-state index contributed by atoms with van der Waals surface area (Å²) in [6.07, 6.45) is 0.392. The molecule has 0 fully saturated rings. The quantitative estimate of drug-likeness (QED) is 0.321. The van der Waals surface area contributed by atoms with E-state index in [0.717, 1.165) is 16.7 Å². The van der Waals surface area contributed by atoms with Crippen molar-refractivity contribution in [3.05, 3.63) is 95.6 Å². The van der Waals surface area contributed by atoms with Gasteiger partial charge in [-0.05, 0) is 46.7 Å². The maximum atomic E-state index is 13.8. The van der Waals surface area contributed by atoms with Gasteiger partial charge in [-0.15, -0.1) is 0 Å². The Labute approximate surface area is 227 Å². The summed E-state index contributed by atoms with van der Waals surface area (Å²) in [7, 11) is 1.61. The summed E-state index contributed by atoms with van der Waals surface area (Å²) >= 11 is 0. The smallest absolute Gasteiger partial charge is 0.261 e. The number of para-hydroxylation sites is 1. The monoisotopic (exact) mass is 516 g/mol. The Kier molecular flexibility index (Phi) is 10.8. The number of methoxy groups -OCH3 is 1. The molecule has 6 nitrogen and oxygen atoms in total. The third-order valence-corrected chi connectivity index (χ3v) is 6.33. The molecule has 3 rings (SSSR count). The Bertz CT molecular complexity index is 1180. The van der Waals surface area contributed by atoms with Gasteiger partial charge in [0.25, 0.3) is 5.91 Å². The summed E-state index contributed by atoms with van der Waals surface area (Å²) < 4.78 is 11.5. The number of hydrogen-bond acceptors (Lipinski definition) is 4. The maximum absolute atomic E-state index is 13.8. The molecule has 1 unspecified atom stereocenters. The van der Waals surface area contributed by atoms with Crippen molar-refractivity contribution in [2.24, 2.45) is 5.92 Å². The van der Waals surface area contributed by atoms with Crippen LogP contribution in [0.15, 0.2) is 78.9 Å². The van der Waals surface area contributed by atoms with Crippen LogP contribution in [0.5, 0.6) is 11.5 Å². The Morgan fingerprint density at radius 2 is 1.55 bits per heavy atom. The lowest BCUT2D eigenvalue weighted by Gasteiger charge is -2.32. The minimum atomic E-state index is -0.709. The summed E-state index contributed by atoms with van der Waals surface area (Å²) in [5.41, 5.74) is 2.89. The molecule has 1 N–H and O–H groups in total. The van der Waals surface area contributed by atoms with Crippen molar-refractivity contribution in [3.8, 4) is 11.5 Å². The lowest BCUT2D eigenvalue weighted by atomic mass is 10.0. The van der Waals surface area contributed by atoms with Gasteiger partial charge in [0.1, 0.15) is 17.5 Å². The lowest BCUT2D eigenvalue weighted by molar-refractivity contribution is -0.142. The van der Waals surface area contributed by atoms with E-state index in [1.54, 1.807) is 12.0 Å². The third kappa shape index (κ3) is 8.37. The molecular weight excluding hydrogens is 476 g/mol. The molecule has 0 saturated carbocycles. The van der Waals surface area contributed by atoms with Crippen LogP contribution in [0.25, 0.3) is 0 Å². The van der Waals surface area contributed by atoms with Gasteiger partial charge >= 0.3 is 0 Å². The van der Waals surface area contributed by atoms with Crippen LogP contribution in [0, 0.1) is 5.92 Å². The number of ether oxygens (including phenoxy) is 2. The van der Waals surface area contributed by atoms with Crippen molar-refractivity contribution in [1.29, 1.82) is 0 Å². The van der Waals surface area contributed by atoms with Gasteiger partial charge in [-0.3, -0.25) is 9.59 Å². The van der Waals surface area contributed by atoms with Crippen molar-refractivity contribution < 1.29 is 19.1 Å². The van der Waals surface area contributed by atoms with Crippen LogP contribution in [0.3, 0.4) is 0 Å². The number of carbonyl (C=O) groups is 2. The molecule has 0 aliphatic heterocycles. The molecular formula is C32H40N2O4. The van der Waals surface area contributed by atoms with E-state index >= 15 is 0 Å². The zero-order valence-electron chi connectivity index (χ0n) is 23.1. The lowest BCUT2D eigenvalue weighted by Crippen LogP contribution is -2.52. The average Bonchev–Trinajstić information content (AvgIpc) is 2.93. The summed E-state index contributed by atoms with van der Waals surface area (Å²) in [5, 5.41) is 3.05. The topological polar surface area (TPSA) is 67.9 Å². The molecule has 38 heavy (non-hydrogen) atoms.